The third-order valence-corrected chi connectivity index (χ3v) is 15.1. The molecule has 0 aliphatic carbocycles. The van der Waals surface area contributed by atoms with Crippen LogP contribution in [0.3, 0.4) is 0 Å². The first kappa shape index (κ1) is 33.0. The zero-order valence-corrected chi connectivity index (χ0v) is 29.2. The standard InChI is InChI=1S/C34H48N8OSi/c1-23(2)44(24(3)4,25(5)6)17-14-26-18-32(43)42(11)33-30(26)21-35-34(38-33)37-28-12-13-31(40(9)16-15-39(7)8)29(19-28)27-20-36-41(10)22-27/h12-13,18-25H,15-16H2,1-11H3,(H,35,37,38). The van der Waals surface area contributed by atoms with Crippen LogP contribution in [0.4, 0.5) is 17.3 Å². The molecule has 3 heterocycles. The Morgan fingerprint density at radius 3 is 2.23 bits per heavy atom. The van der Waals surface area contributed by atoms with Crippen molar-refractivity contribution >= 4 is 36.4 Å². The summed E-state index contributed by atoms with van der Waals surface area (Å²) in [6.07, 6.45) is 5.67. The Morgan fingerprint density at radius 2 is 1.64 bits per heavy atom. The molecule has 1 aromatic carbocycles. The molecule has 10 heteroatoms. The van der Waals surface area contributed by atoms with Crippen molar-refractivity contribution < 1.29 is 0 Å². The highest BCUT2D eigenvalue weighted by Gasteiger charge is 2.41. The van der Waals surface area contributed by atoms with Crippen molar-refractivity contribution in [1.82, 2.24) is 29.2 Å². The quantitative estimate of drug-likeness (QED) is 0.173. The number of nitrogens with zero attached hydrogens (tertiary/aromatic N) is 7. The average molecular weight is 613 g/mol. The second-order valence-corrected chi connectivity index (χ2v) is 18.6. The van der Waals surface area contributed by atoms with Gasteiger partial charge in [-0.15, -0.1) is 5.54 Å². The van der Waals surface area contributed by atoms with Crippen LogP contribution in [0.1, 0.15) is 47.1 Å². The van der Waals surface area contributed by atoms with Crippen molar-refractivity contribution in [2.45, 2.75) is 58.2 Å². The maximum atomic E-state index is 13.1. The Bertz CT molecular complexity index is 1720. The SMILES string of the molecule is CC(C)[Si](C#Cc1cc(=O)n(C)c2nc(Nc3ccc(N(C)CCN(C)C)c(-c4cnn(C)c4)c3)ncc12)(C(C)C)C(C)C. The Morgan fingerprint density at radius 1 is 0.955 bits per heavy atom. The molecular formula is C34H48N8OSi. The monoisotopic (exact) mass is 612 g/mol. The summed E-state index contributed by atoms with van der Waals surface area (Å²) in [6, 6.07) is 7.86. The highest BCUT2D eigenvalue weighted by molar-refractivity contribution is 6.90. The molecule has 0 radical (unpaired) electrons. The molecule has 0 bridgehead atoms. The second kappa shape index (κ2) is 13.4. The van der Waals surface area contributed by atoms with Gasteiger partial charge in [-0.2, -0.15) is 10.1 Å². The number of nitrogens with one attached hydrogen (secondary N) is 1. The van der Waals surface area contributed by atoms with E-state index in [1.54, 1.807) is 23.9 Å². The van der Waals surface area contributed by atoms with Gasteiger partial charge in [0.25, 0.3) is 5.56 Å². The fourth-order valence-electron chi connectivity index (χ4n) is 6.33. The molecule has 0 unspecified atom stereocenters. The number of benzene rings is 1. The predicted molar refractivity (Wildman–Crippen MR) is 186 cm³/mol. The maximum absolute atomic E-state index is 13.1. The molecule has 0 spiro atoms. The van der Waals surface area contributed by atoms with Crippen molar-refractivity contribution in [2.24, 2.45) is 14.1 Å². The molecule has 4 rings (SSSR count). The molecule has 1 N–H and O–H groups in total. The van der Waals surface area contributed by atoms with Gasteiger partial charge in [-0.25, -0.2) is 4.98 Å². The van der Waals surface area contributed by atoms with Crippen molar-refractivity contribution in [2.75, 3.05) is 44.4 Å². The number of aromatic nitrogens is 5. The number of pyridine rings is 1. The van der Waals surface area contributed by atoms with Gasteiger partial charge in [0.2, 0.25) is 5.95 Å². The van der Waals surface area contributed by atoms with Crippen LogP contribution in [-0.4, -0.2) is 71.5 Å². The van der Waals surface area contributed by atoms with Crippen molar-refractivity contribution in [3.8, 4) is 22.6 Å². The first-order valence-corrected chi connectivity index (χ1v) is 17.6. The molecule has 0 atom stereocenters. The summed E-state index contributed by atoms with van der Waals surface area (Å²) in [5, 5.41) is 8.56. The molecule has 9 nitrogen and oxygen atoms in total. The van der Waals surface area contributed by atoms with Crippen molar-refractivity contribution in [3.63, 3.8) is 0 Å². The van der Waals surface area contributed by atoms with E-state index in [0.717, 1.165) is 41.0 Å². The van der Waals surface area contributed by atoms with E-state index in [0.29, 0.717) is 33.8 Å². The lowest BCUT2D eigenvalue weighted by atomic mass is 10.1. The van der Waals surface area contributed by atoms with E-state index in [2.05, 4.69) is 111 Å². The highest BCUT2D eigenvalue weighted by Crippen LogP contribution is 2.41. The van der Waals surface area contributed by atoms with Gasteiger partial charge in [0.1, 0.15) is 13.7 Å². The molecular weight excluding hydrogens is 565 g/mol. The summed E-state index contributed by atoms with van der Waals surface area (Å²) < 4.78 is 3.37. The molecule has 234 valence electrons. The van der Waals surface area contributed by atoms with E-state index in [1.165, 1.54) is 0 Å². The largest absolute Gasteiger partial charge is 0.373 e. The average Bonchev–Trinajstić information content (AvgIpc) is 3.40. The van der Waals surface area contributed by atoms with Crippen LogP contribution in [0, 0.1) is 11.5 Å². The Labute approximate surface area is 263 Å². The van der Waals surface area contributed by atoms with Gasteiger partial charge in [0, 0.05) is 80.8 Å². The van der Waals surface area contributed by atoms with Crippen molar-refractivity contribution in [1.29, 1.82) is 0 Å². The lowest BCUT2D eigenvalue weighted by molar-refractivity contribution is 0.416. The van der Waals surface area contributed by atoms with Gasteiger partial charge >= 0.3 is 0 Å². The molecule has 44 heavy (non-hydrogen) atoms. The van der Waals surface area contributed by atoms with E-state index < -0.39 is 8.07 Å². The lowest BCUT2D eigenvalue weighted by Crippen LogP contribution is -2.43. The van der Waals surface area contributed by atoms with E-state index in [9.17, 15) is 4.79 Å². The zero-order valence-electron chi connectivity index (χ0n) is 28.2. The molecule has 0 saturated heterocycles. The van der Waals surface area contributed by atoms with Gasteiger partial charge < -0.3 is 15.1 Å². The summed E-state index contributed by atoms with van der Waals surface area (Å²) in [4.78, 5) is 27.0. The van der Waals surface area contributed by atoms with Gasteiger partial charge in [-0.1, -0.05) is 47.5 Å². The number of likely N-dealkylation sites (N-methyl/N-ethyl adjacent to an activating group) is 2. The Kier molecular flexibility index (Phi) is 10.0. The highest BCUT2D eigenvalue weighted by atomic mass is 28.3. The van der Waals surface area contributed by atoms with E-state index in [1.807, 2.05) is 30.2 Å². The van der Waals surface area contributed by atoms with Crippen LogP contribution in [-0.2, 0) is 14.1 Å². The van der Waals surface area contributed by atoms with Gasteiger partial charge in [-0.05, 0) is 48.9 Å². The van der Waals surface area contributed by atoms with Crippen molar-refractivity contribution in [3.05, 3.63) is 58.8 Å². The number of rotatable bonds is 10. The summed E-state index contributed by atoms with van der Waals surface area (Å²) in [5.41, 5.74) is 10.4. The first-order chi connectivity index (χ1) is 20.7. The van der Waals surface area contributed by atoms with Crippen LogP contribution in [0.2, 0.25) is 16.6 Å². The van der Waals surface area contributed by atoms with Crippen LogP contribution >= 0.6 is 0 Å². The molecule has 0 aliphatic heterocycles. The summed E-state index contributed by atoms with van der Waals surface area (Å²) in [5.74, 6) is 3.87. The number of fused-ring (bicyclic) bond motifs is 1. The number of hydrogen-bond acceptors (Lipinski definition) is 7. The summed E-state index contributed by atoms with van der Waals surface area (Å²) in [6.45, 7) is 15.6. The van der Waals surface area contributed by atoms with Crippen LogP contribution in [0.15, 0.2) is 47.7 Å². The molecule has 0 aliphatic rings. The van der Waals surface area contributed by atoms with E-state index in [-0.39, 0.29) is 5.56 Å². The van der Waals surface area contributed by atoms with Crippen LogP contribution < -0.4 is 15.8 Å². The topological polar surface area (TPSA) is 84.1 Å². The Balaban J connectivity index is 1.75. The summed E-state index contributed by atoms with van der Waals surface area (Å²) in [7, 11) is 7.95. The Hall–Kier alpha value is -3.94. The number of anilines is 3. The van der Waals surface area contributed by atoms with Gasteiger partial charge in [0.15, 0.2) is 0 Å². The van der Waals surface area contributed by atoms with E-state index >= 15 is 0 Å². The number of hydrogen-bond donors (Lipinski definition) is 1. The summed E-state index contributed by atoms with van der Waals surface area (Å²) >= 11 is 0. The minimum Gasteiger partial charge on any atom is -0.373 e. The van der Waals surface area contributed by atoms with Gasteiger partial charge in [0.05, 0.1) is 11.6 Å². The maximum Gasteiger partial charge on any atom is 0.253 e. The minimum atomic E-state index is -1.98. The van der Waals surface area contributed by atoms with E-state index in [4.69, 9.17) is 4.98 Å². The third kappa shape index (κ3) is 6.74. The normalized spacial score (nSPS) is 12.0. The fraction of sp³-hybridized carbons (Fsp3) is 0.471. The second-order valence-electron chi connectivity index (χ2n) is 13.0. The predicted octanol–water partition coefficient (Wildman–Crippen LogP) is 6.04. The zero-order chi connectivity index (χ0) is 32.3. The smallest absolute Gasteiger partial charge is 0.253 e. The fourth-order valence-corrected chi connectivity index (χ4v) is 11.5. The molecule has 0 amide bonds. The lowest BCUT2D eigenvalue weighted by Gasteiger charge is -2.38. The molecule has 0 saturated carbocycles. The van der Waals surface area contributed by atoms with Crippen LogP contribution in [0.5, 0.6) is 0 Å². The van der Waals surface area contributed by atoms with Crippen LogP contribution in [0.25, 0.3) is 22.2 Å². The first-order valence-electron chi connectivity index (χ1n) is 15.4. The third-order valence-electron chi connectivity index (χ3n) is 8.82. The number of aryl methyl sites for hydroxylation is 2. The minimum absolute atomic E-state index is 0.138. The molecule has 3 aromatic heterocycles. The van der Waals surface area contributed by atoms with Gasteiger partial charge in [-0.3, -0.25) is 14.0 Å². The molecule has 4 aromatic rings. The molecule has 0 fully saturated rings.